The Hall–Kier alpha value is -3.88. The molecule has 152 valence electrons. The number of para-hydroxylation sites is 1. The highest BCUT2D eigenvalue weighted by Crippen LogP contribution is 2.15. The summed E-state index contributed by atoms with van der Waals surface area (Å²) in [4.78, 5) is 29.6. The molecular formula is C21H17F2N5O2. The second-order valence-electron chi connectivity index (χ2n) is 6.67. The van der Waals surface area contributed by atoms with Crippen LogP contribution in [-0.2, 0) is 11.3 Å². The van der Waals surface area contributed by atoms with E-state index in [0.29, 0.717) is 16.9 Å². The van der Waals surface area contributed by atoms with Crippen LogP contribution in [0.3, 0.4) is 0 Å². The van der Waals surface area contributed by atoms with Gasteiger partial charge in [-0.05, 0) is 31.2 Å². The lowest BCUT2D eigenvalue weighted by Gasteiger charge is -2.11. The summed E-state index contributed by atoms with van der Waals surface area (Å²) in [5.74, 6) is -2.05. The van der Waals surface area contributed by atoms with Crippen LogP contribution < -0.4 is 10.9 Å². The number of fused-ring (bicyclic) bond motifs is 1. The van der Waals surface area contributed by atoms with Crippen molar-refractivity contribution in [1.82, 2.24) is 19.3 Å². The molecule has 0 aliphatic rings. The Morgan fingerprint density at radius 3 is 2.60 bits per heavy atom. The fourth-order valence-corrected chi connectivity index (χ4v) is 3.14. The van der Waals surface area contributed by atoms with Gasteiger partial charge in [0.2, 0.25) is 5.91 Å². The molecule has 4 aromatic rings. The first-order valence-corrected chi connectivity index (χ1v) is 9.19. The maximum Gasteiger partial charge on any atom is 0.264 e. The van der Waals surface area contributed by atoms with E-state index in [0.717, 1.165) is 17.8 Å². The minimum absolute atomic E-state index is 0.0419. The first-order chi connectivity index (χ1) is 14.4. The van der Waals surface area contributed by atoms with E-state index in [9.17, 15) is 18.4 Å². The molecule has 9 heteroatoms. The van der Waals surface area contributed by atoms with Gasteiger partial charge >= 0.3 is 0 Å². The van der Waals surface area contributed by atoms with Crippen molar-refractivity contribution < 1.29 is 13.6 Å². The molecule has 2 aromatic carbocycles. The average molecular weight is 409 g/mol. The van der Waals surface area contributed by atoms with Crippen molar-refractivity contribution in [3.8, 4) is 5.69 Å². The molecule has 4 rings (SSSR count). The number of rotatable bonds is 5. The molecule has 2 heterocycles. The van der Waals surface area contributed by atoms with Crippen molar-refractivity contribution in [3.05, 3.63) is 82.5 Å². The second kappa shape index (κ2) is 7.86. The summed E-state index contributed by atoms with van der Waals surface area (Å²) in [7, 11) is 0. The summed E-state index contributed by atoms with van der Waals surface area (Å²) in [6.45, 7) is 1.76. The van der Waals surface area contributed by atoms with Gasteiger partial charge in [-0.3, -0.25) is 14.2 Å². The zero-order valence-corrected chi connectivity index (χ0v) is 16.0. The SMILES string of the molecule is Cc1nc2c(cnn2-c2ccccc2)c(=O)n1CCC(=O)Nc1ccc(F)c(F)c1. The second-order valence-corrected chi connectivity index (χ2v) is 6.67. The summed E-state index contributed by atoms with van der Waals surface area (Å²) < 4.78 is 29.2. The molecule has 0 aliphatic carbocycles. The fraction of sp³-hybridized carbons (Fsp3) is 0.143. The maximum absolute atomic E-state index is 13.3. The number of aromatic nitrogens is 4. The number of carbonyl (C=O) groups is 1. The zero-order valence-electron chi connectivity index (χ0n) is 16.0. The van der Waals surface area contributed by atoms with Gasteiger partial charge in [0.25, 0.3) is 5.56 Å². The van der Waals surface area contributed by atoms with E-state index in [1.54, 1.807) is 11.6 Å². The number of aryl methyl sites for hydroxylation is 1. The summed E-state index contributed by atoms with van der Waals surface area (Å²) >= 11 is 0. The Kier molecular flexibility index (Phi) is 5.09. The number of benzene rings is 2. The third-order valence-electron chi connectivity index (χ3n) is 4.64. The number of halogens is 2. The van der Waals surface area contributed by atoms with E-state index < -0.39 is 17.5 Å². The maximum atomic E-state index is 13.3. The van der Waals surface area contributed by atoms with Crippen molar-refractivity contribution in [3.63, 3.8) is 0 Å². The van der Waals surface area contributed by atoms with Crippen LogP contribution in [0.1, 0.15) is 12.2 Å². The Labute approximate surface area is 169 Å². The third kappa shape index (κ3) is 3.69. The van der Waals surface area contributed by atoms with Gasteiger partial charge in [0.1, 0.15) is 11.2 Å². The molecule has 7 nitrogen and oxygen atoms in total. The molecule has 0 atom stereocenters. The van der Waals surface area contributed by atoms with Crippen LogP contribution in [0.2, 0.25) is 0 Å². The van der Waals surface area contributed by atoms with E-state index in [-0.39, 0.29) is 24.2 Å². The lowest BCUT2D eigenvalue weighted by molar-refractivity contribution is -0.116. The number of nitrogens with zero attached hydrogens (tertiary/aromatic N) is 4. The molecule has 0 radical (unpaired) electrons. The van der Waals surface area contributed by atoms with Crippen LogP contribution in [-0.4, -0.2) is 25.2 Å². The van der Waals surface area contributed by atoms with Crippen LogP contribution in [0.4, 0.5) is 14.5 Å². The molecule has 0 aliphatic heterocycles. The molecule has 1 amide bonds. The lowest BCUT2D eigenvalue weighted by atomic mass is 10.3. The van der Waals surface area contributed by atoms with E-state index in [2.05, 4.69) is 15.4 Å². The van der Waals surface area contributed by atoms with Crippen LogP contribution >= 0.6 is 0 Å². The number of hydrogen-bond donors (Lipinski definition) is 1. The highest BCUT2D eigenvalue weighted by atomic mass is 19.2. The number of nitrogens with one attached hydrogen (secondary N) is 1. The first-order valence-electron chi connectivity index (χ1n) is 9.19. The quantitative estimate of drug-likeness (QED) is 0.549. The Morgan fingerprint density at radius 2 is 1.87 bits per heavy atom. The van der Waals surface area contributed by atoms with Gasteiger partial charge in [0.15, 0.2) is 17.3 Å². The topological polar surface area (TPSA) is 81.8 Å². The van der Waals surface area contributed by atoms with Crippen LogP contribution in [0.5, 0.6) is 0 Å². The Balaban J connectivity index is 1.55. The molecule has 30 heavy (non-hydrogen) atoms. The van der Waals surface area contributed by atoms with Crippen molar-refractivity contribution in [2.45, 2.75) is 19.9 Å². The molecule has 2 aromatic heterocycles. The van der Waals surface area contributed by atoms with Crippen LogP contribution in [0.15, 0.2) is 59.5 Å². The molecular weight excluding hydrogens is 392 g/mol. The largest absolute Gasteiger partial charge is 0.326 e. The van der Waals surface area contributed by atoms with Gasteiger partial charge in [-0.15, -0.1) is 0 Å². The zero-order chi connectivity index (χ0) is 21.3. The monoisotopic (exact) mass is 409 g/mol. The van der Waals surface area contributed by atoms with Gasteiger partial charge in [-0.25, -0.2) is 18.4 Å². The number of amides is 1. The van der Waals surface area contributed by atoms with Gasteiger partial charge in [0, 0.05) is 24.7 Å². The predicted molar refractivity (Wildman–Crippen MR) is 107 cm³/mol. The van der Waals surface area contributed by atoms with Gasteiger partial charge in [-0.1, -0.05) is 18.2 Å². The highest BCUT2D eigenvalue weighted by molar-refractivity contribution is 5.90. The first kappa shape index (κ1) is 19.4. The summed E-state index contributed by atoms with van der Waals surface area (Å²) in [5, 5.41) is 7.09. The average Bonchev–Trinajstić information content (AvgIpc) is 3.15. The molecule has 0 unspecified atom stereocenters. The minimum Gasteiger partial charge on any atom is -0.326 e. The Bertz CT molecular complexity index is 1300. The molecule has 0 saturated heterocycles. The third-order valence-corrected chi connectivity index (χ3v) is 4.64. The van der Waals surface area contributed by atoms with Gasteiger partial charge in [-0.2, -0.15) is 5.10 Å². The number of hydrogen-bond acceptors (Lipinski definition) is 4. The summed E-state index contributed by atoms with van der Waals surface area (Å²) in [6.07, 6.45) is 1.41. The molecule has 0 saturated carbocycles. The standard InChI is InChI=1S/C21H17F2N5O2/c1-13-25-20-16(12-24-28(20)15-5-3-2-4-6-15)21(30)27(13)10-9-19(29)26-14-7-8-17(22)18(23)11-14/h2-8,11-12H,9-10H2,1H3,(H,26,29). The molecule has 0 spiro atoms. The number of carbonyl (C=O) groups excluding carboxylic acids is 1. The van der Waals surface area contributed by atoms with E-state index in [1.165, 1.54) is 16.8 Å². The summed E-state index contributed by atoms with van der Waals surface area (Å²) in [5.41, 5.74) is 1.05. The van der Waals surface area contributed by atoms with E-state index >= 15 is 0 Å². The van der Waals surface area contributed by atoms with E-state index in [1.807, 2.05) is 30.3 Å². The predicted octanol–water partition coefficient (Wildman–Crippen LogP) is 3.20. The van der Waals surface area contributed by atoms with Crippen molar-refractivity contribution >= 4 is 22.6 Å². The molecule has 0 bridgehead atoms. The van der Waals surface area contributed by atoms with Crippen LogP contribution in [0, 0.1) is 18.6 Å². The fourth-order valence-electron chi connectivity index (χ4n) is 3.14. The Morgan fingerprint density at radius 1 is 1.10 bits per heavy atom. The van der Waals surface area contributed by atoms with Gasteiger partial charge in [0.05, 0.1) is 11.9 Å². The summed E-state index contributed by atoms with van der Waals surface area (Å²) in [6, 6.07) is 12.4. The lowest BCUT2D eigenvalue weighted by Crippen LogP contribution is -2.26. The molecule has 1 N–H and O–H groups in total. The minimum atomic E-state index is -1.05. The highest BCUT2D eigenvalue weighted by Gasteiger charge is 2.15. The van der Waals surface area contributed by atoms with Gasteiger partial charge < -0.3 is 5.32 Å². The number of anilines is 1. The van der Waals surface area contributed by atoms with Crippen molar-refractivity contribution in [2.75, 3.05) is 5.32 Å². The van der Waals surface area contributed by atoms with Crippen LogP contribution in [0.25, 0.3) is 16.7 Å². The van der Waals surface area contributed by atoms with E-state index in [4.69, 9.17) is 0 Å². The van der Waals surface area contributed by atoms with Crippen molar-refractivity contribution in [2.24, 2.45) is 0 Å². The molecule has 0 fully saturated rings. The van der Waals surface area contributed by atoms with Crippen molar-refractivity contribution in [1.29, 1.82) is 0 Å². The normalized spacial score (nSPS) is 11.0. The smallest absolute Gasteiger partial charge is 0.264 e.